The number of Topliss-reactive ketones (excluding diaryl/α,β-unsaturated/α-hetero) is 1. The third kappa shape index (κ3) is 3.00. The lowest BCUT2D eigenvalue weighted by atomic mass is 10.0. The van der Waals surface area contributed by atoms with Crippen LogP contribution in [0.15, 0.2) is 28.9 Å². The van der Waals surface area contributed by atoms with Gasteiger partial charge in [0.1, 0.15) is 0 Å². The molecule has 2 rings (SSSR count). The molecule has 5 heteroatoms. The van der Waals surface area contributed by atoms with Gasteiger partial charge < -0.3 is 0 Å². The maximum absolute atomic E-state index is 12.0. The molecule has 0 fully saturated rings. The van der Waals surface area contributed by atoms with Crippen molar-refractivity contribution in [2.45, 2.75) is 13.3 Å². The summed E-state index contributed by atoms with van der Waals surface area (Å²) in [5, 5.41) is 7.71. The lowest BCUT2D eigenvalue weighted by molar-refractivity contribution is 0.0991. The van der Waals surface area contributed by atoms with Crippen LogP contribution in [0, 0.1) is 6.92 Å². The standard InChI is InChI=1S/C12H12BrN3O/c1-8-3-9(5-10(13)4-8)12(17)6-11-7-16(2)15-14-11/h3-5,7H,6H2,1-2H3. The number of carbonyl (C=O) groups excluding carboxylic acids is 1. The van der Waals surface area contributed by atoms with Crippen LogP contribution in [-0.2, 0) is 13.5 Å². The second kappa shape index (κ2) is 4.79. The quantitative estimate of drug-likeness (QED) is 0.816. The molecule has 0 aliphatic carbocycles. The molecule has 0 unspecified atom stereocenters. The van der Waals surface area contributed by atoms with Crippen LogP contribution >= 0.6 is 15.9 Å². The largest absolute Gasteiger partial charge is 0.294 e. The predicted octanol–water partition coefficient (Wildman–Crippen LogP) is 2.31. The maximum Gasteiger partial charge on any atom is 0.168 e. The number of benzene rings is 1. The molecule has 0 saturated carbocycles. The Labute approximate surface area is 108 Å². The van der Waals surface area contributed by atoms with E-state index in [1.807, 2.05) is 25.1 Å². The average molecular weight is 294 g/mol. The number of nitrogens with zero attached hydrogens (tertiary/aromatic N) is 3. The molecule has 1 heterocycles. The Morgan fingerprint density at radius 1 is 1.41 bits per heavy atom. The first-order valence-corrected chi connectivity index (χ1v) is 5.99. The minimum Gasteiger partial charge on any atom is -0.294 e. The van der Waals surface area contributed by atoms with Crippen LogP contribution in [0.2, 0.25) is 0 Å². The molecule has 0 aliphatic heterocycles. The van der Waals surface area contributed by atoms with Gasteiger partial charge in [-0.05, 0) is 30.7 Å². The maximum atomic E-state index is 12.0. The zero-order chi connectivity index (χ0) is 12.4. The van der Waals surface area contributed by atoms with Gasteiger partial charge in [-0.25, -0.2) is 0 Å². The van der Waals surface area contributed by atoms with Crippen LogP contribution in [0.25, 0.3) is 0 Å². The van der Waals surface area contributed by atoms with Gasteiger partial charge in [0, 0.05) is 23.3 Å². The monoisotopic (exact) mass is 293 g/mol. The average Bonchev–Trinajstić information content (AvgIpc) is 2.62. The number of halogens is 1. The third-order valence-electron chi connectivity index (χ3n) is 2.36. The van der Waals surface area contributed by atoms with E-state index in [2.05, 4.69) is 26.2 Å². The molecule has 0 amide bonds. The van der Waals surface area contributed by atoms with Crippen LogP contribution in [0.4, 0.5) is 0 Å². The molecule has 1 aromatic heterocycles. The van der Waals surface area contributed by atoms with Crippen LogP contribution in [0.3, 0.4) is 0 Å². The molecule has 0 N–H and O–H groups in total. The Hall–Kier alpha value is -1.49. The summed E-state index contributed by atoms with van der Waals surface area (Å²) in [4.78, 5) is 12.0. The summed E-state index contributed by atoms with van der Waals surface area (Å²) >= 11 is 3.39. The summed E-state index contributed by atoms with van der Waals surface area (Å²) in [5.41, 5.74) is 2.44. The number of aromatic nitrogens is 3. The third-order valence-corrected chi connectivity index (χ3v) is 2.81. The highest BCUT2D eigenvalue weighted by atomic mass is 79.9. The zero-order valence-corrected chi connectivity index (χ0v) is 11.2. The fourth-order valence-electron chi connectivity index (χ4n) is 1.64. The topological polar surface area (TPSA) is 47.8 Å². The van der Waals surface area contributed by atoms with Crippen LogP contribution in [-0.4, -0.2) is 20.8 Å². The number of hydrogen-bond donors (Lipinski definition) is 0. The minimum absolute atomic E-state index is 0.0508. The molecule has 0 atom stereocenters. The Kier molecular flexibility index (Phi) is 3.38. The summed E-state index contributed by atoms with van der Waals surface area (Å²) in [6.45, 7) is 1.96. The second-order valence-corrected chi connectivity index (χ2v) is 4.92. The van der Waals surface area contributed by atoms with Crippen molar-refractivity contribution in [1.82, 2.24) is 15.0 Å². The number of aryl methyl sites for hydroxylation is 2. The lowest BCUT2D eigenvalue weighted by Gasteiger charge is -2.02. The first kappa shape index (κ1) is 12.0. The summed E-state index contributed by atoms with van der Waals surface area (Å²) < 4.78 is 2.51. The molecule has 0 saturated heterocycles. The van der Waals surface area contributed by atoms with E-state index in [-0.39, 0.29) is 12.2 Å². The van der Waals surface area contributed by atoms with E-state index < -0.39 is 0 Å². The minimum atomic E-state index is 0.0508. The second-order valence-electron chi connectivity index (χ2n) is 4.00. The Balaban J connectivity index is 2.19. The van der Waals surface area contributed by atoms with Crippen molar-refractivity contribution in [2.24, 2.45) is 7.05 Å². The normalized spacial score (nSPS) is 10.5. The first-order chi connectivity index (χ1) is 8.04. The Morgan fingerprint density at radius 2 is 2.18 bits per heavy atom. The van der Waals surface area contributed by atoms with Crippen molar-refractivity contribution < 1.29 is 4.79 Å². The smallest absolute Gasteiger partial charge is 0.168 e. The highest BCUT2D eigenvalue weighted by molar-refractivity contribution is 9.10. The summed E-state index contributed by atoms with van der Waals surface area (Å²) in [5.74, 6) is 0.0508. The van der Waals surface area contributed by atoms with Gasteiger partial charge in [0.25, 0.3) is 0 Å². The zero-order valence-electron chi connectivity index (χ0n) is 9.64. The van der Waals surface area contributed by atoms with Gasteiger partial charge in [0.15, 0.2) is 5.78 Å². The van der Waals surface area contributed by atoms with E-state index >= 15 is 0 Å². The fraction of sp³-hybridized carbons (Fsp3) is 0.250. The van der Waals surface area contributed by atoms with Crippen LogP contribution in [0.5, 0.6) is 0 Å². The van der Waals surface area contributed by atoms with E-state index in [0.717, 1.165) is 10.0 Å². The molecule has 4 nitrogen and oxygen atoms in total. The number of hydrogen-bond acceptors (Lipinski definition) is 3. The number of carbonyl (C=O) groups is 1. The Morgan fingerprint density at radius 3 is 2.76 bits per heavy atom. The molecule has 0 spiro atoms. The molecular weight excluding hydrogens is 282 g/mol. The molecule has 88 valence electrons. The Bertz CT molecular complexity index is 542. The van der Waals surface area contributed by atoms with Gasteiger partial charge in [0.05, 0.1) is 12.1 Å². The highest BCUT2D eigenvalue weighted by Gasteiger charge is 2.10. The van der Waals surface area contributed by atoms with Crippen molar-refractivity contribution in [1.29, 1.82) is 0 Å². The van der Waals surface area contributed by atoms with Gasteiger partial charge in [-0.2, -0.15) is 0 Å². The summed E-state index contributed by atoms with van der Waals surface area (Å²) in [6, 6.07) is 5.67. The van der Waals surface area contributed by atoms with Gasteiger partial charge in [-0.1, -0.05) is 21.1 Å². The van der Waals surface area contributed by atoms with E-state index in [1.54, 1.807) is 17.9 Å². The molecule has 0 aliphatic rings. The van der Waals surface area contributed by atoms with Crippen molar-refractivity contribution in [2.75, 3.05) is 0 Å². The van der Waals surface area contributed by atoms with Crippen LogP contribution in [0.1, 0.15) is 21.6 Å². The van der Waals surface area contributed by atoms with Crippen molar-refractivity contribution in [3.05, 3.63) is 45.7 Å². The molecule has 1 aromatic carbocycles. The van der Waals surface area contributed by atoms with Crippen molar-refractivity contribution >= 4 is 21.7 Å². The van der Waals surface area contributed by atoms with Gasteiger partial charge in [-0.15, -0.1) is 5.10 Å². The SMILES string of the molecule is Cc1cc(Br)cc(C(=O)Cc2cn(C)nn2)c1. The van der Waals surface area contributed by atoms with Crippen molar-refractivity contribution in [3.8, 4) is 0 Å². The van der Waals surface area contributed by atoms with Gasteiger partial charge in [0.2, 0.25) is 0 Å². The molecular formula is C12H12BrN3O. The van der Waals surface area contributed by atoms with Gasteiger partial charge >= 0.3 is 0 Å². The van der Waals surface area contributed by atoms with E-state index in [1.165, 1.54) is 0 Å². The summed E-state index contributed by atoms with van der Waals surface area (Å²) in [6.07, 6.45) is 2.03. The first-order valence-electron chi connectivity index (χ1n) is 5.20. The predicted molar refractivity (Wildman–Crippen MR) is 67.9 cm³/mol. The van der Waals surface area contributed by atoms with E-state index in [4.69, 9.17) is 0 Å². The van der Waals surface area contributed by atoms with Crippen molar-refractivity contribution in [3.63, 3.8) is 0 Å². The fourth-order valence-corrected chi connectivity index (χ4v) is 2.25. The molecule has 17 heavy (non-hydrogen) atoms. The molecule has 0 radical (unpaired) electrons. The van der Waals surface area contributed by atoms with Crippen LogP contribution < -0.4 is 0 Å². The summed E-state index contributed by atoms with van der Waals surface area (Å²) in [7, 11) is 1.78. The highest BCUT2D eigenvalue weighted by Crippen LogP contribution is 2.16. The molecule has 2 aromatic rings. The van der Waals surface area contributed by atoms with E-state index in [9.17, 15) is 4.79 Å². The molecule has 0 bridgehead atoms. The number of ketones is 1. The van der Waals surface area contributed by atoms with E-state index in [0.29, 0.717) is 11.3 Å². The van der Waals surface area contributed by atoms with Gasteiger partial charge in [-0.3, -0.25) is 9.48 Å². The number of rotatable bonds is 3. The lowest BCUT2D eigenvalue weighted by Crippen LogP contribution is -2.04.